The number of hydrogen-bond acceptors (Lipinski definition) is 7. The molecular formula is C25H20ClN3O6S. The molecule has 0 atom stereocenters. The highest BCUT2D eigenvalue weighted by Gasteiger charge is 2.21. The molecule has 4 aromatic carbocycles. The van der Waals surface area contributed by atoms with Crippen LogP contribution in [0.5, 0.6) is 11.5 Å². The predicted octanol–water partition coefficient (Wildman–Crippen LogP) is 6.43. The van der Waals surface area contributed by atoms with Gasteiger partial charge in [0.05, 0.1) is 17.7 Å². The van der Waals surface area contributed by atoms with Crippen LogP contribution in [0.2, 0.25) is 5.02 Å². The summed E-state index contributed by atoms with van der Waals surface area (Å²) in [5, 5.41) is 22.7. The fourth-order valence-corrected chi connectivity index (χ4v) is 4.69. The summed E-state index contributed by atoms with van der Waals surface area (Å²) in [6.07, 6.45) is 0. The predicted molar refractivity (Wildman–Crippen MR) is 137 cm³/mol. The average molecular weight is 526 g/mol. The summed E-state index contributed by atoms with van der Waals surface area (Å²) in [6, 6.07) is 17.7. The van der Waals surface area contributed by atoms with Gasteiger partial charge in [-0.2, -0.15) is 8.42 Å². The van der Waals surface area contributed by atoms with E-state index < -0.39 is 26.7 Å². The van der Waals surface area contributed by atoms with E-state index in [4.69, 9.17) is 16.3 Å². The van der Waals surface area contributed by atoms with Gasteiger partial charge in [-0.05, 0) is 48.2 Å². The second-order valence-electron chi connectivity index (χ2n) is 7.80. The number of aromatic hydroxyl groups is 1. The molecule has 3 N–H and O–H groups in total. The smallest absolute Gasteiger partial charge is 0.296 e. The lowest BCUT2D eigenvalue weighted by Gasteiger charge is -2.12. The molecule has 0 bridgehead atoms. The van der Waals surface area contributed by atoms with Crippen LogP contribution in [0.4, 0.5) is 17.1 Å². The van der Waals surface area contributed by atoms with E-state index in [2.05, 4.69) is 15.5 Å². The van der Waals surface area contributed by atoms with Gasteiger partial charge in [0.25, 0.3) is 16.0 Å². The molecule has 0 aliphatic heterocycles. The van der Waals surface area contributed by atoms with Crippen molar-refractivity contribution in [3.05, 3.63) is 82.9 Å². The molecule has 1 amide bonds. The van der Waals surface area contributed by atoms with E-state index >= 15 is 0 Å². The number of nitrogens with one attached hydrogen (secondary N) is 1. The Bertz CT molecular complexity index is 1640. The van der Waals surface area contributed by atoms with E-state index in [9.17, 15) is 22.9 Å². The molecule has 9 nitrogen and oxygen atoms in total. The quantitative estimate of drug-likeness (QED) is 0.196. The molecule has 0 aromatic heterocycles. The highest BCUT2D eigenvalue weighted by molar-refractivity contribution is 7.86. The van der Waals surface area contributed by atoms with Crippen molar-refractivity contribution in [3.63, 3.8) is 0 Å². The molecular weight excluding hydrogens is 506 g/mol. The zero-order chi connectivity index (χ0) is 26.0. The van der Waals surface area contributed by atoms with Crippen LogP contribution in [-0.2, 0) is 10.1 Å². The van der Waals surface area contributed by atoms with Crippen LogP contribution in [0.1, 0.15) is 15.9 Å². The Kier molecular flexibility index (Phi) is 6.93. The van der Waals surface area contributed by atoms with Crippen LogP contribution in [0.3, 0.4) is 0 Å². The number of aryl methyl sites for hydroxylation is 1. The summed E-state index contributed by atoms with van der Waals surface area (Å²) < 4.78 is 38.6. The number of phenols is 1. The van der Waals surface area contributed by atoms with Crippen LogP contribution >= 0.6 is 11.6 Å². The molecule has 0 aliphatic rings. The van der Waals surface area contributed by atoms with Crippen molar-refractivity contribution in [1.29, 1.82) is 0 Å². The number of nitrogens with zero attached hydrogens (tertiary/aromatic N) is 2. The zero-order valence-electron chi connectivity index (χ0n) is 19.1. The number of phenolic OH excluding ortho intramolecular Hbond substituents is 1. The SMILES string of the molecule is COc1cccc(NC(=O)c2cc3ccccc3c(N=Nc3c(Cl)cc(C)cc3S(=O)(=O)O)c2O)c1. The van der Waals surface area contributed by atoms with Crippen molar-refractivity contribution in [1.82, 2.24) is 0 Å². The first-order valence-electron chi connectivity index (χ1n) is 10.5. The van der Waals surface area contributed by atoms with Gasteiger partial charge in [0.2, 0.25) is 0 Å². The number of benzene rings is 4. The number of azo groups is 1. The number of carbonyl (C=O) groups is 1. The maximum Gasteiger partial charge on any atom is 0.296 e. The number of amides is 1. The van der Waals surface area contributed by atoms with Gasteiger partial charge in [-0.25, -0.2) is 0 Å². The van der Waals surface area contributed by atoms with Gasteiger partial charge < -0.3 is 15.2 Å². The minimum absolute atomic E-state index is 0.0675. The van der Waals surface area contributed by atoms with Crippen LogP contribution in [-0.4, -0.2) is 31.1 Å². The summed E-state index contributed by atoms with van der Waals surface area (Å²) in [5.41, 5.74) is 0.451. The fourth-order valence-electron chi connectivity index (χ4n) is 3.59. The second-order valence-corrected chi connectivity index (χ2v) is 9.59. The number of carbonyl (C=O) groups excluding carboxylic acids is 1. The number of rotatable bonds is 6. The van der Waals surface area contributed by atoms with Crippen LogP contribution in [0.15, 0.2) is 81.9 Å². The third kappa shape index (κ3) is 5.15. The lowest BCUT2D eigenvalue weighted by Crippen LogP contribution is -2.12. The molecule has 0 saturated heterocycles. The lowest BCUT2D eigenvalue weighted by atomic mass is 10.0. The highest BCUT2D eigenvalue weighted by atomic mass is 35.5. The maximum atomic E-state index is 13.1. The van der Waals surface area contributed by atoms with Crippen molar-refractivity contribution < 1.29 is 27.6 Å². The third-order valence-electron chi connectivity index (χ3n) is 5.27. The molecule has 0 unspecified atom stereocenters. The summed E-state index contributed by atoms with van der Waals surface area (Å²) in [5.74, 6) is -0.556. The minimum atomic E-state index is -4.67. The van der Waals surface area contributed by atoms with Gasteiger partial charge in [-0.1, -0.05) is 41.9 Å². The van der Waals surface area contributed by atoms with Crippen molar-refractivity contribution in [3.8, 4) is 11.5 Å². The van der Waals surface area contributed by atoms with E-state index in [1.54, 1.807) is 55.5 Å². The van der Waals surface area contributed by atoms with Crippen LogP contribution in [0.25, 0.3) is 10.8 Å². The van der Waals surface area contributed by atoms with E-state index in [1.165, 1.54) is 25.3 Å². The standard InChI is InChI=1S/C25H20ClN3O6S/c1-14-10-20(26)23(21(11-14)36(32,33)34)29-28-22-18-9-4-3-6-15(18)12-19(24(22)30)25(31)27-16-7-5-8-17(13-16)35-2/h3-13,30H,1-2H3,(H,27,31)(H,32,33,34). The first-order valence-corrected chi connectivity index (χ1v) is 12.3. The Morgan fingerprint density at radius 3 is 2.44 bits per heavy atom. The van der Waals surface area contributed by atoms with E-state index in [0.717, 1.165) is 0 Å². The molecule has 0 spiro atoms. The Labute approximate surface area is 211 Å². The summed E-state index contributed by atoms with van der Waals surface area (Å²) in [4.78, 5) is 12.5. The highest BCUT2D eigenvalue weighted by Crippen LogP contribution is 2.41. The average Bonchev–Trinajstić information content (AvgIpc) is 2.83. The normalized spacial score (nSPS) is 11.7. The van der Waals surface area contributed by atoms with Crippen LogP contribution < -0.4 is 10.1 Å². The maximum absolute atomic E-state index is 13.1. The first-order chi connectivity index (χ1) is 17.1. The van der Waals surface area contributed by atoms with Crippen molar-refractivity contribution in [2.24, 2.45) is 10.2 Å². The fraction of sp³-hybridized carbons (Fsp3) is 0.0800. The Hall–Kier alpha value is -3.99. The molecule has 0 fully saturated rings. The van der Waals surface area contributed by atoms with Gasteiger partial charge >= 0.3 is 0 Å². The molecule has 0 radical (unpaired) electrons. The Morgan fingerprint density at radius 1 is 1.00 bits per heavy atom. The number of halogens is 1. The van der Waals surface area contributed by atoms with Crippen molar-refractivity contribution in [2.45, 2.75) is 11.8 Å². The molecule has 36 heavy (non-hydrogen) atoms. The molecule has 4 aromatic rings. The summed E-state index contributed by atoms with van der Waals surface area (Å²) in [7, 11) is -3.17. The summed E-state index contributed by atoms with van der Waals surface area (Å²) >= 11 is 6.20. The van der Waals surface area contributed by atoms with Crippen molar-refractivity contribution in [2.75, 3.05) is 12.4 Å². The molecule has 184 valence electrons. The first kappa shape index (κ1) is 25.1. The summed E-state index contributed by atoms with van der Waals surface area (Å²) in [6.45, 7) is 1.60. The molecule has 4 rings (SSSR count). The Morgan fingerprint density at radius 2 is 1.72 bits per heavy atom. The van der Waals surface area contributed by atoms with E-state index in [0.29, 0.717) is 27.8 Å². The van der Waals surface area contributed by atoms with Gasteiger partial charge in [0.1, 0.15) is 22.0 Å². The van der Waals surface area contributed by atoms with Gasteiger partial charge in [-0.3, -0.25) is 9.35 Å². The van der Waals surface area contributed by atoms with Gasteiger partial charge in [0.15, 0.2) is 5.75 Å². The lowest BCUT2D eigenvalue weighted by molar-refractivity contribution is 0.102. The van der Waals surface area contributed by atoms with Crippen LogP contribution in [0, 0.1) is 6.92 Å². The zero-order valence-corrected chi connectivity index (χ0v) is 20.6. The topological polar surface area (TPSA) is 138 Å². The largest absolute Gasteiger partial charge is 0.505 e. The molecule has 0 aliphatic carbocycles. The number of anilines is 1. The molecule has 11 heteroatoms. The Balaban J connectivity index is 1.84. The van der Waals surface area contributed by atoms with Gasteiger partial charge in [-0.15, -0.1) is 10.2 Å². The second kappa shape index (κ2) is 9.94. The molecule has 0 saturated carbocycles. The monoisotopic (exact) mass is 525 g/mol. The van der Waals surface area contributed by atoms with Crippen molar-refractivity contribution >= 4 is 55.5 Å². The number of methoxy groups -OCH3 is 1. The number of fused-ring (bicyclic) bond motifs is 1. The van der Waals surface area contributed by atoms with Gasteiger partial charge in [0, 0.05) is 17.1 Å². The third-order valence-corrected chi connectivity index (χ3v) is 6.42. The number of ether oxygens (including phenoxy) is 1. The minimum Gasteiger partial charge on any atom is -0.505 e. The number of hydrogen-bond donors (Lipinski definition) is 3. The van der Waals surface area contributed by atoms with E-state index in [-0.39, 0.29) is 22.0 Å². The van der Waals surface area contributed by atoms with E-state index in [1.807, 2.05) is 0 Å². The molecule has 0 heterocycles.